The van der Waals surface area contributed by atoms with Crippen molar-refractivity contribution in [3.63, 3.8) is 0 Å². The van der Waals surface area contributed by atoms with Gasteiger partial charge in [-0.25, -0.2) is 4.98 Å². The van der Waals surface area contributed by atoms with Crippen LogP contribution in [0.4, 0.5) is 0 Å². The molecular weight excluding hydrogens is 360 g/mol. The maximum atomic E-state index is 12.3. The third kappa shape index (κ3) is 4.79. The highest BCUT2D eigenvalue weighted by Gasteiger charge is 2.23. The number of thioether (sulfide) groups is 1. The van der Waals surface area contributed by atoms with E-state index in [4.69, 9.17) is 0 Å². The van der Waals surface area contributed by atoms with Gasteiger partial charge in [-0.1, -0.05) is 11.8 Å². The molecule has 1 N–H and O–H groups in total. The van der Waals surface area contributed by atoms with Gasteiger partial charge in [-0.15, -0.1) is 21.5 Å². The maximum absolute atomic E-state index is 12.3. The average Bonchev–Trinajstić information content (AvgIpc) is 3.30. The Balaban J connectivity index is 1.37. The third-order valence-corrected chi connectivity index (χ3v) is 5.78. The first-order valence-corrected chi connectivity index (χ1v) is 9.97. The Morgan fingerprint density at radius 2 is 2.20 bits per heavy atom. The van der Waals surface area contributed by atoms with E-state index in [1.807, 2.05) is 11.9 Å². The van der Waals surface area contributed by atoms with Crippen LogP contribution in [-0.2, 0) is 11.8 Å². The van der Waals surface area contributed by atoms with E-state index in [0.717, 1.165) is 31.1 Å². The molecule has 8 nitrogen and oxygen atoms in total. The van der Waals surface area contributed by atoms with Crippen LogP contribution in [-0.4, -0.2) is 61.8 Å². The molecule has 134 valence electrons. The number of likely N-dealkylation sites (tertiary alicyclic amines) is 1. The van der Waals surface area contributed by atoms with Gasteiger partial charge in [-0.05, 0) is 18.8 Å². The number of thiazole rings is 1. The number of piperidine rings is 1. The highest BCUT2D eigenvalue weighted by Crippen LogP contribution is 2.19. The molecule has 0 radical (unpaired) electrons. The fraction of sp³-hybridized carbons (Fsp3) is 0.533. The van der Waals surface area contributed by atoms with Crippen molar-refractivity contribution in [2.24, 2.45) is 13.0 Å². The molecule has 0 bridgehead atoms. The Bertz CT molecular complexity index is 709. The lowest BCUT2D eigenvalue weighted by atomic mass is 9.97. The number of hydrogen-bond donors (Lipinski definition) is 1. The second-order valence-electron chi connectivity index (χ2n) is 5.92. The standard InChI is InChI=1S/C15H20N6O2S2/c1-20-9-18-19-15(20)25-8-13(22)21-4-2-11(3-5-21)6-16-14(23)12-7-24-10-17-12/h7,9-11H,2-6,8H2,1H3,(H,16,23). The van der Waals surface area contributed by atoms with Crippen LogP contribution in [0.25, 0.3) is 0 Å². The number of hydrogen-bond acceptors (Lipinski definition) is 7. The molecule has 0 saturated carbocycles. The Labute approximate surface area is 154 Å². The van der Waals surface area contributed by atoms with Crippen molar-refractivity contribution in [1.82, 2.24) is 30.0 Å². The Hall–Kier alpha value is -1.94. The van der Waals surface area contributed by atoms with Crippen LogP contribution in [0.1, 0.15) is 23.3 Å². The monoisotopic (exact) mass is 380 g/mol. The molecule has 1 fully saturated rings. The zero-order chi connectivity index (χ0) is 17.6. The molecule has 25 heavy (non-hydrogen) atoms. The van der Waals surface area contributed by atoms with Crippen molar-refractivity contribution in [1.29, 1.82) is 0 Å². The van der Waals surface area contributed by atoms with Gasteiger partial charge < -0.3 is 14.8 Å². The first-order valence-electron chi connectivity index (χ1n) is 8.04. The van der Waals surface area contributed by atoms with Gasteiger partial charge >= 0.3 is 0 Å². The minimum absolute atomic E-state index is 0.123. The summed E-state index contributed by atoms with van der Waals surface area (Å²) in [6.45, 7) is 2.09. The number of amides is 2. The molecule has 0 aliphatic carbocycles. The lowest BCUT2D eigenvalue weighted by molar-refractivity contribution is -0.129. The predicted octanol–water partition coefficient (Wildman–Crippen LogP) is 1.03. The SMILES string of the molecule is Cn1cnnc1SCC(=O)N1CCC(CNC(=O)c2cscn2)CC1. The van der Waals surface area contributed by atoms with E-state index in [0.29, 0.717) is 23.9 Å². The normalized spacial score (nSPS) is 15.3. The molecule has 3 heterocycles. The van der Waals surface area contributed by atoms with E-state index in [-0.39, 0.29) is 11.8 Å². The molecule has 1 aliphatic rings. The van der Waals surface area contributed by atoms with Crippen LogP contribution in [0.2, 0.25) is 0 Å². The van der Waals surface area contributed by atoms with Crippen LogP contribution in [0.3, 0.4) is 0 Å². The fourth-order valence-corrected chi connectivity index (χ4v) is 3.98. The summed E-state index contributed by atoms with van der Waals surface area (Å²) in [5, 5.41) is 13.2. The lowest BCUT2D eigenvalue weighted by Gasteiger charge is -2.32. The van der Waals surface area contributed by atoms with Crippen LogP contribution >= 0.6 is 23.1 Å². The first-order chi connectivity index (χ1) is 12.1. The smallest absolute Gasteiger partial charge is 0.270 e. The third-order valence-electron chi connectivity index (χ3n) is 4.18. The summed E-state index contributed by atoms with van der Waals surface area (Å²) >= 11 is 2.81. The van der Waals surface area contributed by atoms with Crippen molar-refractivity contribution in [2.75, 3.05) is 25.4 Å². The fourth-order valence-electron chi connectivity index (χ4n) is 2.66. The first kappa shape index (κ1) is 17.9. The Morgan fingerprint density at radius 1 is 1.40 bits per heavy atom. The molecule has 0 unspecified atom stereocenters. The quantitative estimate of drug-likeness (QED) is 0.753. The number of rotatable bonds is 6. The molecule has 2 amide bonds. The molecule has 10 heteroatoms. The van der Waals surface area contributed by atoms with Crippen molar-refractivity contribution in [2.45, 2.75) is 18.0 Å². The van der Waals surface area contributed by atoms with Gasteiger partial charge in [0.05, 0.1) is 11.3 Å². The molecule has 0 atom stereocenters. The minimum atomic E-state index is -0.125. The lowest BCUT2D eigenvalue weighted by Crippen LogP contribution is -2.42. The van der Waals surface area contributed by atoms with E-state index in [1.54, 1.807) is 21.8 Å². The van der Waals surface area contributed by atoms with Gasteiger partial charge in [0.1, 0.15) is 12.0 Å². The van der Waals surface area contributed by atoms with Gasteiger partial charge in [0.15, 0.2) is 5.16 Å². The van der Waals surface area contributed by atoms with Crippen molar-refractivity contribution in [3.05, 3.63) is 22.9 Å². The van der Waals surface area contributed by atoms with Crippen molar-refractivity contribution in [3.8, 4) is 0 Å². The molecule has 2 aromatic rings. The van der Waals surface area contributed by atoms with Gasteiger partial charge in [0.25, 0.3) is 5.91 Å². The largest absolute Gasteiger partial charge is 0.350 e. The molecule has 3 rings (SSSR count). The van der Waals surface area contributed by atoms with Gasteiger partial charge in [0, 0.05) is 32.1 Å². The Kier molecular flexibility index (Phi) is 6.03. The summed E-state index contributed by atoms with van der Waals surface area (Å²) < 4.78 is 1.80. The number of aryl methyl sites for hydroxylation is 1. The average molecular weight is 380 g/mol. The number of nitrogens with zero attached hydrogens (tertiary/aromatic N) is 5. The summed E-state index contributed by atoms with van der Waals surface area (Å²) in [5.41, 5.74) is 2.12. The van der Waals surface area contributed by atoms with Crippen molar-refractivity contribution < 1.29 is 9.59 Å². The zero-order valence-corrected chi connectivity index (χ0v) is 15.6. The number of carbonyl (C=O) groups is 2. The van der Waals surface area contributed by atoms with Gasteiger partial charge in [-0.2, -0.15) is 0 Å². The predicted molar refractivity (Wildman–Crippen MR) is 95.5 cm³/mol. The van der Waals surface area contributed by atoms with Crippen LogP contribution in [0.5, 0.6) is 0 Å². The number of nitrogens with one attached hydrogen (secondary N) is 1. The summed E-state index contributed by atoms with van der Waals surface area (Å²) in [7, 11) is 1.86. The van der Waals surface area contributed by atoms with Crippen LogP contribution < -0.4 is 5.32 Å². The molecule has 0 spiro atoms. The van der Waals surface area contributed by atoms with E-state index in [2.05, 4.69) is 20.5 Å². The second-order valence-corrected chi connectivity index (χ2v) is 7.58. The highest BCUT2D eigenvalue weighted by molar-refractivity contribution is 7.99. The molecule has 1 aliphatic heterocycles. The van der Waals surface area contributed by atoms with Gasteiger partial charge in [-0.3, -0.25) is 9.59 Å². The summed E-state index contributed by atoms with van der Waals surface area (Å²) in [6, 6.07) is 0. The minimum Gasteiger partial charge on any atom is -0.350 e. The molecular formula is C15H20N6O2S2. The highest BCUT2D eigenvalue weighted by atomic mass is 32.2. The van der Waals surface area contributed by atoms with Crippen molar-refractivity contribution >= 4 is 34.9 Å². The van der Waals surface area contributed by atoms with Crippen LogP contribution in [0.15, 0.2) is 22.4 Å². The van der Waals surface area contributed by atoms with E-state index in [1.165, 1.54) is 23.1 Å². The summed E-state index contributed by atoms with van der Waals surface area (Å²) in [5.74, 6) is 0.772. The second kappa shape index (κ2) is 8.43. The van der Waals surface area contributed by atoms with E-state index in [9.17, 15) is 9.59 Å². The van der Waals surface area contributed by atoms with Gasteiger partial charge in [0.2, 0.25) is 5.91 Å². The Morgan fingerprint density at radius 3 is 2.84 bits per heavy atom. The maximum Gasteiger partial charge on any atom is 0.270 e. The summed E-state index contributed by atoms with van der Waals surface area (Å²) in [4.78, 5) is 30.1. The number of carbonyl (C=O) groups excluding carboxylic acids is 2. The van der Waals surface area contributed by atoms with E-state index < -0.39 is 0 Å². The molecule has 2 aromatic heterocycles. The summed E-state index contributed by atoms with van der Waals surface area (Å²) in [6.07, 6.45) is 3.42. The number of aromatic nitrogens is 4. The zero-order valence-electron chi connectivity index (χ0n) is 13.9. The topological polar surface area (TPSA) is 93.0 Å². The van der Waals surface area contributed by atoms with E-state index >= 15 is 0 Å². The molecule has 0 aromatic carbocycles. The molecule has 1 saturated heterocycles. The van der Waals surface area contributed by atoms with Crippen LogP contribution in [0, 0.1) is 5.92 Å².